The zero-order valence-corrected chi connectivity index (χ0v) is 12.4. The van der Waals surface area contributed by atoms with Crippen molar-refractivity contribution in [2.75, 3.05) is 6.61 Å². The Bertz CT molecular complexity index is 620. The lowest BCUT2D eigenvalue weighted by molar-refractivity contribution is -0.186. The van der Waals surface area contributed by atoms with Gasteiger partial charge in [0.25, 0.3) is 5.91 Å². The lowest BCUT2D eigenvalue weighted by atomic mass is 10.2. The van der Waals surface area contributed by atoms with Gasteiger partial charge in [-0.25, -0.2) is 10.3 Å². The van der Waals surface area contributed by atoms with Crippen molar-refractivity contribution in [3.05, 3.63) is 34.4 Å². The van der Waals surface area contributed by atoms with Crippen LogP contribution in [0.3, 0.4) is 0 Å². The second-order valence-electron chi connectivity index (χ2n) is 4.74. The number of aromatic nitrogens is 1. The van der Waals surface area contributed by atoms with Gasteiger partial charge in [-0.15, -0.1) is 0 Å². The largest absolute Gasteiger partial charge is 0.360 e. The average molecular weight is 339 g/mol. The molecule has 3 rings (SSSR count). The summed E-state index contributed by atoms with van der Waals surface area (Å²) < 4.78 is 6.33. The number of ether oxygens (including phenoxy) is 1. The van der Waals surface area contributed by atoms with Crippen molar-refractivity contribution < 1.29 is 14.4 Å². The summed E-state index contributed by atoms with van der Waals surface area (Å²) in [5.41, 5.74) is 3.93. The van der Waals surface area contributed by atoms with Crippen molar-refractivity contribution >= 4 is 32.7 Å². The van der Waals surface area contributed by atoms with E-state index in [1.54, 1.807) is 6.20 Å². The van der Waals surface area contributed by atoms with Crippen molar-refractivity contribution in [3.8, 4) is 0 Å². The molecule has 1 aliphatic heterocycles. The highest BCUT2D eigenvalue weighted by Crippen LogP contribution is 2.22. The lowest BCUT2D eigenvalue weighted by Crippen LogP contribution is -2.33. The molecule has 5 nitrogen and oxygen atoms in total. The maximum atomic E-state index is 12.1. The molecule has 0 spiro atoms. The molecule has 1 amide bonds. The van der Waals surface area contributed by atoms with E-state index in [9.17, 15) is 4.79 Å². The van der Waals surface area contributed by atoms with E-state index >= 15 is 0 Å². The number of amides is 1. The summed E-state index contributed by atoms with van der Waals surface area (Å²) in [6, 6.07) is 5.74. The fourth-order valence-corrected chi connectivity index (χ4v) is 2.62. The number of aromatic amines is 1. The van der Waals surface area contributed by atoms with Crippen LogP contribution in [0.4, 0.5) is 0 Å². The maximum absolute atomic E-state index is 12.1. The summed E-state index contributed by atoms with van der Waals surface area (Å²) in [6.45, 7) is 0.681. The van der Waals surface area contributed by atoms with Gasteiger partial charge in [-0.2, -0.15) is 0 Å². The normalized spacial score (nSPS) is 19.1. The second-order valence-corrected chi connectivity index (χ2v) is 5.65. The van der Waals surface area contributed by atoms with Crippen LogP contribution in [-0.4, -0.2) is 23.8 Å². The summed E-state index contributed by atoms with van der Waals surface area (Å²) >= 11 is 3.41. The molecule has 0 radical (unpaired) electrons. The number of hydrogen-bond donors (Lipinski definition) is 2. The maximum Gasteiger partial charge on any atom is 0.277 e. The quantitative estimate of drug-likeness (QED) is 0.845. The average Bonchev–Trinajstić information content (AvgIpc) is 2.89. The number of hydroxylamine groups is 1. The second kappa shape index (κ2) is 5.95. The molecule has 6 heteroatoms. The Hall–Kier alpha value is -1.37. The Morgan fingerprint density at radius 1 is 1.45 bits per heavy atom. The molecule has 1 fully saturated rings. The van der Waals surface area contributed by atoms with Crippen LogP contribution in [0.5, 0.6) is 0 Å². The predicted molar refractivity (Wildman–Crippen MR) is 78.1 cm³/mol. The van der Waals surface area contributed by atoms with Gasteiger partial charge in [0, 0.05) is 34.6 Å². The van der Waals surface area contributed by atoms with Crippen molar-refractivity contribution in [2.24, 2.45) is 0 Å². The van der Waals surface area contributed by atoms with Crippen molar-refractivity contribution in [1.82, 2.24) is 10.5 Å². The third-order valence-corrected chi connectivity index (χ3v) is 3.80. The van der Waals surface area contributed by atoms with Crippen LogP contribution >= 0.6 is 15.9 Å². The molecule has 2 N–H and O–H groups in total. The van der Waals surface area contributed by atoms with E-state index in [0.29, 0.717) is 12.2 Å². The number of carbonyl (C=O) groups is 1. The monoisotopic (exact) mass is 338 g/mol. The van der Waals surface area contributed by atoms with Gasteiger partial charge in [0.15, 0.2) is 6.29 Å². The zero-order chi connectivity index (χ0) is 13.9. The van der Waals surface area contributed by atoms with E-state index in [2.05, 4.69) is 26.4 Å². The first kappa shape index (κ1) is 13.6. The summed E-state index contributed by atoms with van der Waals surface area (Å²) in [6.07, 6.45) is 4.24. The minimum absolute atomic E-state index is 0.275. The van der Waals surface area contributed by atoms with Gasteiger partial charge in [0.05, 0.1) is 5.56 Å². The van der Waals surface area contributed by atoms with Gasteiger partial charge < -0.3 is 9.72 Å². The van der Waals surface area contributed by atoms with Gasteiger partial charge in [0.1, 0.15) is 0 Å². The smallest absolute Gasteiger partial charge is 0.277 e. The molecule has 1 aromatic carbocycles. The van der Waals surface area contributed by atoms with E-state index < -0.39 is 0 Å². The Labute approximate surface area is 124 Å². The van der Waals surface area contributed by atoms with E-state index in [-0.39, 0.29) is 12.2 Å². The first-order chi connectivity index (χ1) is 9.74. The molecular formula is C14H15BrN2O3. The standard InChI is InChI=1S/C14H15BrN2O3/c15-9-4-5-12-10(7-9)11(8-16-12)14(18)17-20-13-3-1-2-6-19-13/h4-5,7-8,13,16H,1-3,6H2,(H,17,18)/t13-/m1/s1. The molecule has 1 aromatic heterocycles. The lowest BCUT2D eigenvalue weighted by Gasteiger charge is -2.21. The van der Waals surface area contributed by atoms with Gasteiger partial charge in [-0.1, -0.05) is 15.9 Å². The van der Waals surface area contributed by atoms with Gasteiger partial charge in [0.2, 0.25) is 0 Å². The minimum Gasteiger partial charge on any atom is -0.360 e. The highest BCUT2D eigenvalue weighted by atomic mass is 79.9. The van der Waals surface area contributed by atoms with Crippen LogP contribution in [0.25, 0.3) is 10.9 Å². The first-order valence-electron chi connectivity index (χ1n) is 6.58. The summed E-state index contributed by atoms with van der Waals surface area (Å²) in [5, 5.41) is 0.852. The van der Waals surface area contributed by atoms with Crippen LogP contribution in [0, 0.1) is 0 Å². The molecular weight excluding hydrogens is 324 g/mol. The minimum atomic E-state index is -0.343. The Morgan fingerprint density at radius 2 is 2.35 bits per heavy atom. The number of hydrogen-bond acceptors (Lipinski definition) is 3. The summed E-state index contributed by atoms with van der Waals surface area (Å²) in [5.74, 6) is -0.275. The number of nitrogens with one attached hydrogen (secondary N) is 2. The van der Waals surface area contributed by atoms with Crippen LogP contribution in [-0.2, 0) is 9.57 Å². The molecule has 2 aromatic rings. The topological polar surface area (TPSA) is 63.4 Å². The van der Waals surface area contributed by atoms with Gasteiger partial charge in [-0.3, -0.25) is 4.79 Å². The molecule has 1 atom stereocenters. The molecule has 106 valence electrons. The fourth-order valence-electron chi connectivity index (χ4n) is 2.26. The van der Waals surface area contributed by atoms with Crippen LogP contribution in [0.1, 0.15) is 29.6 Å². The number of fused-ring (bicyclic) bond motifs is 1. The van der Waals surface area contributed by atoms with Crippen LogP contribution in [0.15, 0.2) is 28.9 Å². The number of rotatable bonds is 3. The van der Waals surface area contributed by atoms with Crippen molar-refractivity contribution in [3.63, 3.8) is 0 Å². The molecule has 0 unspecified atom stereocenters. The number of halogens is 1. The molecule has 1 saturated heterocycles. The summed E-state index contributed by atoms with van der Waals surface area (Å²) in [7, 11) is 0. The molecule has 0 saturated carbocycles. The molecule has 20 heavy (non-hydrogen) atoms. The highest BCUT2D eigenvalue weighted by Gasteiger charge is 2.18. The number of benzene rings is 1. The third-order valence-electron chi connectivity index (χ3n) is 3.31. The number of H-pyrrole nitrogens is 1. The van der Waals surface area contributed by atoms with Crippen molar-refractivity contribution in [1.29, 1.82) is 0 Å². The van der Waals surface area contributed by atoms with E-state index in [0.717, 1.165) is 34.6 Å². The van der Waals surface area contributed by atoms with Crippen LogP contribution < -0.4 is 5.48 Å². The fraction of sp³-hybridized carbons (Fsp3) is 0.357. The van der Waals surface area contributed by atoms with Crippen molar-refractivity contribution in [2.45, 2.75) is 25.6 Å². The van der Waals surface area contributed by atoms with E-state index in [1.807, 2.05) is 18.2 Å². The number of carbonyl (C=O) groups excluding carboxylic acids is 1. The van der Waals surface area contributed by atoms with E-state index in [1.165, 1.54) is 0 Å². The van der Waals surface area contributed by atoms with E-state index in [4.69, 9.17) is 9.57 Å². The summed E-state index contributed by atoms with van der Waals surface area (Å²) in [4.78, 5) is 20.5. The Balaban J connectivity index is 1.70. The zero-order valence-electron chi connectivity index (χ0n) is 10.8. The predicted octanol–water partition coefficient (Wildman–Crippen LogP) is 3.12. The SMILES string of the molecule is O=C(NO[C@@H]1CCCCO1)c1c[nH]c2ccc(Br)cc12. The molecule has 2 heterocycles. The first-order valence-corrected chi connectivity index (χ1v) is 7.37. The third kappa shape index (κ3) is 2.87. The Morgan fingerprint density at radius 3 is 3.15 bits per heavy atom. The molecule has 0 aliphatic carbocycles. The van der Waals surface area contributed by atoms with Gasteiger partial charge >= 0.3 is 0 Å². The molecule has 0 bridgehead atoms. The molecule has 1 aliphatic rings. The Kier molecular flexibility index (Phi) is 4.05. The van der Waals surface area contributed by atoms with Gasteiger partial charge in [-0.05, 0) is 31.0 Å². The highest BCUT2D eigenvalue weighted by molar-refractivity contribution is 9.10. The van der Waals surface area contributed by atoms with Crippen LogP contribution in [0.2, 0.25) is 0 Å².